The lowest BCUT2D eigenvalue weighted by molar-refractivity contribution is 0.920. The van der Waals surface area contributed by atoms with Crippen molar-refractivity contribution < 1.29 is 0 Å². The zero-order valence-electron chi connectivity index (χ0n) is 12.5. The normalized spacial score (nSPS) is 11.4. The van der Waals surface area contributed by atoms with Crippen molar-refractivity contribution in [2.45, 2.75) is 13.8 Å². The van der Waals surface area contributed by atoms with Crippen molar-refractivity contribution in [3.8, 4) is 5.69 Å². The molecule has 0 atom stereocenters. The number of aryl methyl sites for hydroxylation is 1. The molecule has 0 aliphatic heterocycles. The van der Waals surface area contributed by atoms with Gasteiger partial charge in [-0.3, -0.25) is 9.36 Å². The lowest BCUT2D eigenvalue weighted by Gasteiger charge is -2.14. The molecule has 114 valence electrons. The maximum absolute atomic E-state index is 13.0. The van der Waals surface area contributed by atoms with E-state index in [0.29, 0.717) is 21.7 Å². The van der Waals surface area contributed by atoms with Crippen LogP contribution in [0.2, 0.25) is 5.02 Å². The lowest BCUT2D eigenvalue weighted by atomic mass is 10.1. The van der Waals surface area contributed by atoms with Crippen LogP contribution in [-0.2, 0) is 0 Å². The molecule has 0 aliphatic carbocycles. The van der Waals surface area contributed by atoms with Crippen LogP contribution in [0.3, 0.4) is 0 Å². The number of halogens is 1. The Morgan fingerprint density at radius 1 is 1.17 bits per heavy atom. The molecule has 4 aromatic rings. The molecule has 0 unspecified atom stereocenters. The van der Waals surface area contributed by atoms with Crippen molar-refractivity contribution in [1.29, 1.82) is 0 Å². The Hall–Kier alpha value is -2.73. The van der Waals surface area contributed by atoms with E-state index in [-0.39, 0.29) is 5.56 Å². The second-order valence-corrected chi connectivity index (χ2v) is 5.75. The van der Waals surface area contributed by atoms with Crippen molar-refractivity contribution in [2.75, 3.05) is 0 Å². The Bertz CT molecular complexity index is 1130. The summed E-state index contributed by atoms with van der Waals surface area (Å²) < 4.78 is 3.22. The predicted molar refractivity (Wildman–Crippen MR) is 88.4 cm³/mol. The maximum Gasteiger partial charge on any atom is 0.266 e. The predicted octanol–water partition coefficient (Wildman–Crippen LogP) is 2.70. The molecule has 0 saturated carbocycles. The quantitative estimate of drug-likeness (QED) is 0.539. The molecule has 7 heteroatoms. The van der Waals surface area contributed by atoms with Crippen LogP contribution < -0.4 is 5.56 Å². The molecule has 23 heavy (non-hydrogen) atoms. The first-order valence-corrected chi connectivity index (χ1v) is 7.42. The van der Waals surface area contributed by atoms with E-state index in [1.165, 1.54) is 12.5 Å². The zero-order chi connectivity index (χ0) is 16.1. The summed E-state index contributed by atoms with van der Waals surface area (Å²) >= 11 is 6.20. The Kier molecular flexibility index (Phi) is 2.96. The van der Waals surface area contributed by atoms with Gasteiger partial charge in [0.15, 0.2) is 0 Å². The molecule has 0 spiro atoms. The first-order chi connectivity index (χ1) is 11.1. The molecule has 3 aromatic heterocycles. The van der Waals surface area contributed by atoms with Gasteiger partial charge in [-0.05, 0) is 37.6 Å². The summed E-state index contributed by atoms with van der Waals surface area (Å²) in [7, 11) is 0. The third-order valence-electron chi connectivity index (χ3n) is 3.95. The summed E-state index contributed by atoms with van der Waals surface area (Å²) in [4.78, 5) is 21.2. The molecule has 3 heterocycles. The van der Waals surface area contributed by atoms with Gasteiger partial charge in [0.05, 0.1) is 16.6 Å². The average Bonchev–Trinajstić information content (AvgIpc) is 3.00. The summed E-state index contributed by atoms with van der Waals surface area (Å²) in [6.45, 7) is 3.77. The average molecular weight is 326 g/mol. The monoisotopic (exact) mass is 325 g/mol. The summed E-state index contributed by atoms with van der Waals surface area (Å²) in [5.41, 5.74) is 2.94. The largest absolute Gasteiger partial charge is 0.281 e. The van der Waals surface area contributed by atoms with Gasteiger partial charge >= 0.3 is 0 Å². The van der Waals surface area contributed by atoms with Gasteiger partial charge in [-0.25, -0.2) is 4.98 Å². The second-order valence-electron chi connectivity index (χ2n) is 5.34. The Labute approximate surface area is 136 Å². The Balaban J connectivity index is 2.15. The minimum Gasteiger partial charge on any atom is -0.281 e. The van der Waals surface area contributed by atoms with Crippen LogP contribution >= 0.6 is 11.6 Å². The van der Waals surface area contributed by atoms with Gasteiger partial charge in [0.1, 0.15) is 6.33 Å². The van der Waals surface area contributed by atoms with Crippen molar-refractivity contribution in [2.24, 2.45) is 0 Å². The molecular weight excluding hydrogens is 314 g/mol. The summed E-state index contributed by atoms with van der Waals surface area (Å²) in [5.74, 6) is 0.466. The van der Waals surface area contributed by atoms with E-state index < -0.39 is 0 Å². The topological polar surface area (TPSA) is 65.1 Å². The minimum atomic E-state index is -0.157. The van der Waals surface area contributed by atoms with Crippen LogP contribution in [0.25, 0.3) is 22.4 Å². The van der Waals surface area contributed by atoms with E-state index in [0.717, 1.165) is 16.9 Å². The van der Waals surface area contributed by atoms with Crippen LogP contribution in [0.15, 0.2) is 41.6 Å². The first-order valence-electron chi connectivity index (χ1n) is 7.04. The highest BCUT2D eigenvalue weighted by Crippen LogP contribution is 2.23. The van der Waals surface area contributed by atoms with E-state index in [9.17, 15) is 4.79 Å². The molecule has 0 saturated heterocycles. The van der Waals surface area contributed by atoms with Crippen molar-refractivity contribution in [3.05, 3.63) is 63.4 Å². The van der Waals surface area contributed by atoms with Gasteiger partial charge < -0.3 is 0 Å². The number of nitrogens with zero attached hydrogens (tertiary/aromatic N) is 5. The number of fused-ring (bicyclic) bond motifs is 3. The van der Waals surface area contributed by atoms with Crippen LogP contribution in [0, 0.1) is 13.8 Å². The minimum absolute atomic E-state index is 0.157. The highest BCUT2D eigenvalue weighted by molar-refractivity contribution is 6.31. The Morgan fingerprint density at radius 2 is 2.00 bits per heavy atom. The number of hydrogen-bond acceptors (Lipinski definition) is 4. The number of rotatable bonds is 1. The van der Waals surface area contributed by atoms with Crippen molar-refractivity contribution in [3.63, 3.8) is 0 Å². The molecule has 6 nitrogen and oxygen atoms in total. The maximum atomic E-state index is 13.0. The van der Waals surface area contributed by atoms with Crippen molar-refractivity contribution >= 4 is 28.3 Å². The lowest BCUT2D eigenvalue weighted by Crippen LogP contribution is -2.22. The smallest absolute Gasteiger partial charge is 0.266 e. The van der Waals surface area contributed by atoms with Gasteiger partial charge in [0.25, 0.3) is 11.3 Å². The van der Waals surface area contributed by atoms with Crippen LogP contribution in [0.5, 0.6) is 0 Å². The fraction of sp³-hybridized carbons (Fsp3) is 0.125. The molecule has 1 aromatic carbocycles. The molecule has 0 aliphatic rings. The number of hydrogen-bond donors (Lipinski definition) is 0. The highest BCUT2D eigenvalue weighted by atomic mass is 35.5. The molecule has 0 N–H and O–H groups in total. The number of pyridine rings is 1. The number of benzene rings is 1. The van der Waals surface area contributed by atoms with Gasteiger partial charge in [-0.15, -0.1) is 0 Å². The van der Waals surface area contributed by atoms with Crippen molar-refractivity contribution in [1.82, 2.24) is 24.1 Å². The molecule has 0 fully saturated rings. The van der Waals surface area contributed by atoms with Crippen LogP contribution in [-0.4, -0.2) is 24.1 Å². The molecule has 0 amide bonds. The zero-order valence-corrected chi connectivity index (χ0v) is 13.2. The summed E-state index contributed by atoms with van der Waals surface area (Å²) in [6, 6.07) is 7.42. The van der Waals surface area contributed by atoms with Gasteiger partial charge in [0, 0.05) is 16.9 Å². The fourth-order valence-electron chi connectivity index (χ4n) is 2.78. The second kappa shape index (κ2) is 4.89. The van der Waals surface area contributed by atoms with Crippen LogP contribution in [0.1, 0.15) is 11.3 Å². The molecule has 0 bridgehead atoms. The summed E-state index contributed by atoms with van der Waals surface area (Å²) in [6.07, 6.45) is 2.96. The summed E-state index contributed by atoms with van der Waals surface area (Å²) in [5, 5.41) is 5.24. The third-order valence-corrected chi connectivity index (χ3v) is 4.36. The van der Waals surface area contributed by atoms with E-state index in [1.54, 1.807) is 9.08 Å². The fourth-order valence-corrected chi connectivity index (χ4v) is 2.95. The molecule has 4 rings (SSSR count). The van der Waals surface area contributed by atoms with E-state index in [4.69, 9.17) is 11.6 Å². The molecule has 0 radical (unpaired) electrons. The highest BCUT2D eigenvalue weighted by Gasteiger charge is 2.14. The van der Waals surface area contributed by atoms with Gasteiger partial charge in [-0.1, -0.05) is 17.7 Å². The van der Waals surface area contributed by atoms with E-state index in [1.807, 2.05) is 38.1 Å². The van der Waals surface area contributed by atoms with Gasteiger partial charge in [0.2, 0.25) is 0 Å². The van der Waals surface area contributed by atoms with Crippen LogP contribution in [0.4, 0.5) is 0 Å². The Morgan fingerprint density at radius 3 is 2.83 bits per heavy atom. The van der Waals surface area contributed by atoms with E-state index in [2.05, 4.69) is 15.1 Å². The van der Waals surface area contributed by atoms with Gasteiger partial charge in [-0.2, -0.15) is 14.6 Å². The molecular formula is C16H12ClN5O. The SMILES string of the molecule is Cc1c(Cl)cccc1-n1c(C)cc2c(cnc3ncnn32)c1=O. The standard InChI is InChI=1S/C16H12ClN5O/c1-9-6-14-11(7-18-16-19-8-20-22(14)16)15(23)21(9)13-5-3-4-12(17)10(13)2/h3-8H,1-2H3. The number of aromatic nitrogens is 5. The third kappa shape index (κ3) is 1.95. The van der Waals surface area contributed by atoms with E-state index >= 15 is 0 Å². The first kappa shape index (κ1) is 13.9.